The van der Waals surface area contributed by atoms with Gasteiger partial charge in [-0.15, -0.1) is 0 Å². The molecule has 1 aromatic carbocycles. The Morgan fingerprint density at radius 2 is 1.63 bits per heavy atom. The first kappa shape index (κ1) is 20.8. The first-order valence-corrected chi connectivity index (χ1v) is 12.0. The minimum atomic E-state index is -3.52. The maximum atomic E-state index is 13.2. The van der Waals surface area contributed by atoms with Crippen molar-refractivity contribution in [2.75, 3.05) is 44.2 Å². The fourth-order valence-corrected chi connectivity index (χ4v) is 5.60. The SMILES string of the molecule is Cc1ccc(/C=N\N2CCN(c3ccncc3S(=O)(=O)N3CCCCC3)CC2)cc1. The molecule has 2 saturated heterocycles. The Morgan fingerprint density at radius 1 is 0.933 bits per heavy atom. The van der Waals surface area contributed by atoms with E-state index in [0.717, 1.165) is 56.7 Å². The summed E-state index contributed by atoms with van der Waals surface area (Å²) in [6, 6.07) is 10.1. The fourth-order valence-electron chi connectivity index (χ4n) is 3.93. The molecule has 30 heavy (non-hydrogen) atoms. The lowest BCUT2D eigenvalue weighted by atomic mass is 10.2. The van der Waals surface area contributed by atoms with E-state index in [1.54, 1.807) is 10.5 Å². The Morgan fingerprint density at radius 3 is 2.33 bits per heavy atom. The molecular weight excluding hydrogens is 398 g/mol. The van der Waals surface area contributed by atoms with Crippen molar-refractivity contribution in [1.82, 2.24) is 14.3 Å². The third-order valence-corrected chi connectivity index (χ3v) is 7.66. The standard InChI is InChI=1S/C22H29N5O2S/c1-19-5-7-20(8-6-19)17-24-26-15-13-25(14-16-26)21-9-10-23-18-22(21)30(28,29)27-11-3-2-4-12-27/h5-10,17-18H,2-4,11-16H2,1H3/b24-17-. The highest BCUT2D eigenvalue weighted by Gasteiger charge is 2.30. The van der Waals surface area contributed by atoms with E-state index in [9.17, 15) is 8.42 Å². The molecule has 0 spiro atoms. The van der Waals surface area contributed by atoms with Gasteiger partial charge >= 0.3 is 0 Å². The van der Waals surface area contributed by atoms with Gasteiger partial charge in [-0.1, -0.05) is 36.2 Å². The number of benzene rings is 1. The zero-order valence-electron chi connectivity index (χ0n) is 17.4. The van der Waals surface area contributed by atoms with Gasteiger partial charge in [0, 0.05) is 38.6 Å². The summed E-state index contributed by atoms with van der Waals surface area (Å²) < 4.78 is 28.1. The highest BCUT2D eigenvalue weighted by Crippen LogP contribution is 2.29. The van der Waals surface area contributed by atoms with Crippen LogP contribution in [0.15, 0.2) is 52.7 Å². The third kappa shape index (κ3) is 4.65. The number of aryl methyl sites for hydroxylation is 1. The number of piperazine rings is 1. The minimum absolute atomic E-state index is 0.323. The largest absolute Gasteiger partial charge is 0.367 e. The van der Waals surface area contributed by atoms with Crippen LogP contribution in [0.3, 0.4) is 0 Å². The Hall–Kier alpha value is -2.45. The normalized spacial score (nSPS) is 18.8. The smallest absolute Gasteiger partial charge is 0.246 e. The van der Waals surface area contributed by atoms with E-state index in [4.69, 9.17) is 0 Å². The monoisotopic (exact) mass is 427 g/mol. The van der Waals surface area contributed by atoms with Crippen LogP contribution in [0.1, 0.15) is 30.4 Å². The molecule has 2 aromatic rings. The van der Waals surface area contributed by atoms with Gasteiger partial charge in [0.25, 0.3) is 0 Å². The summed E-state index contributed by atoms with van der Waals surface area (Å²) in [4.78, 5) is 6.58. The summed E-state index contributed by atoms with van der Waals surface area (Å²) in [5.74, 6) is 0. The summed E-state index contributed by atoms with van der Waals surface area (Å²) >= 11 is 0. The van der Waals surface area contributed by atoms with Crippen LogP contribution >= 0.6 is 0 Å². The van der Waals surface area contributed by atoms with Crippen molar-refractivity contribution in [3.05, 3.63) is 53.9 Å². The van der Waals surface area contributed by atoms with Gasteiger partial charge in [0.15, 0.2) is 0 Å². The molecule has 2 aliphatic rings. The average molecular weight is 428 g/mol. The van der Waals surface area contributed by atoms with Crippen LogP contribution in [0.25, 0.3) is 0 Å². The van der Waals surface area contributed by atoms with Crippen LogP contribution < -0.4 is 4.90 Å². The summed E-state index contributed by atoms with van der Waals surface area (Å²) in [6.07, 6.45) is 8.00. The van der Waals surface area contributed by atoms with E-state index in [1.165, 1.54) is 11.8 Å². The maximum absolute atomic E-state index is 13.2. The van der Waals surface area contributed by atoms with E-state index in [-0.39, 0.29) is 0 Å². The zero-order chi connectivity index (χ0) is 21.0. The van der Waals surface area contributed by atoms with Gasteiger partial charge in [-0.3, -0.25) is 9.99 Å². The lowest BCUT2D eigenvalue weighted by Crippen LogP contribution is -2.45. The predicted molar refractivity (Wildman–Crippen MR) is 119 cm³/mol. The fraction of sp³-hybridized carbons (Fsp3) is 0.455. The Bertz CT molecular complexity index is 977. The molecule has 0 saturated carbocycles. The van der Waals surface area contributed by atoms with Crippen LogP contribution in [-0.4, -0.2) is 68.2 Å². The molecule has 0 unspecified atom stereocenters. The maximum Gasteiger partial charge on any atom is 0.246 e. The van der Waals surface area contributed by atoms with Gasteiger partial charge in [0.2, 0.25) is 10.0 Å². The van der Waals surface area contributed by atoms with Crippen molar-refractivity contribution in [2.24, 2.45) is 5.10 Å². The number of aromatic nitrogens is 1. The van der Waals surface area contributed by atoms with Gasteiger partial charge in [-0.2, -0.15) is 9.41 Å². The molecule has 0 amide bonds. The molecule has 8 heteroatoms. The Labute approximate surface area is 179 Å². The number of hydrogen-bond acceptors (Lipinski definition) is 6. The van der Waals surface area contributed by atoms with Crippen molar-refractivity contribution in [1.29, 1.82) is 0 Å². The molecule has 0 aliphatic carbocycles. The molecule has 3 heterocycles. The van der Waals surface area contributed by atoms with Gasteiger partial charge in [0.1, 0.15) is 4.90 Å². The number of sulfonamides is 1. The van der Waals surface area contributed by atoms with Crippen LogP contribution in [-0.2, 0) is 10.0 Å². The van der Waals surface area contributed by atoms with Crippen molar-refractivity contribution in [2.45, 2.75) is 31.1 Å². The second-order valence-electron chi connectivity index (χ2n) is 7.90. The minimum Gasteiger partial charge on any atom is -0.367 e. The molecule has 0 bridgehead atoms. The second kappa shape index (κ2) is 9.14. The van der Waals surface area contributed by atoms with E-state index in [0.29, 0.717) is 18.0 Å². The van der Waals surface area contributed by atoms with E-state index in [2.05, 4.69) is 46.2 Å². The van der Waals surface area contributed by atoms with Crippen LogP contribution in [0, 0.1) is 6.92 Å². The van der Waals surface area contributed by atoms with Gasteiger partial charge in [0.05, 0.1) is 25.0 Å². The highest BCUT2D eigenvalue weighted by molar-refractivity contribution is 7.89. The molecule has 4 rings (SSSR count). The Balaban J connectivity index is 1.44. The molecule has 7 nitrogen and oxygen atoms in total. The quantitative estimate of drug-likeness (QED) is 0.687. The lowest BCUT2D eigenvalue weighted by Gasteiger charge is -2.36. The van der Waals surface area contributed by atoms with Gasteiger partial charge in [-0.05, 0) is 31.4 Å². The average Bonchev–Trinajstić information content (AvgIpc) is 2.80. The second-order valence-corrected chi connectivity index (χ2v) is 9.81. The van der Waals surface area contributed by atoms with Crippen molar-refractivity contribution in [3.63, 3.8) is 0 Å². The number of rotatable bonds is 5. The molecule has 1 aromatic heterocycles. The first-order chi connectivity index (χ1) is 14.5. The molecule has 0 atom stereocenters. The molecule has 0 N–H and O–H groups in total. The lowest BCUT2D eigenvalue weighted by molar-refractivity contribution is 0.271. The van der Waals surface area contributed by atoms with Crippen LogP contribution in [0.5, 0.6) is 0 Å². The predicted octanol–water partition coefficient (Wildman–Crippen LogP) is 2.72. The Kier molecular flexibility index (Phi) is 6.34. The van der Waals surface area contributed by atoms with Crippen molar-refractivity contribution < 1.29 is 8.42 Å². The summed E-state index contributed by atoms with van der Waals surface area (Å²) in [6.45, 7) is 6.19. The molecular formula is C22H29N5O2S. The highest BCUT2D eigenvalue weighted by atomic mass is 32.2. The first-order valence-electron chi connectivity index (χ1n) is 10.6. The van der Waals surface area contributed by atoms with Crippen LogP contribution in [0.2, 0.25) is 0 Å². The number of nitrogens with zero attached hydrogens (tertiary/aromatic N) is 5. The number of hydrogen-bond donors (Lipinski definition) is 0. The molecule has 2 aliphatic heterocycles. The third-order valence-electron chi connectivity index (χ3n) is 5.74. The summed E-state index contributed by atoms with van der Waals surface area (Å²) in [5.41, 5.74) is 3.05. The summed E-state index contributed by atoms with van der Waals surface area (Å²) in [7, 11) is -3.52. The number of pyridine rings is 1. The van der Waals surface area contributed by atoms with E-state index in [1.807, 2.05) is 17.3 Å². The molecule has 160 valence electrons. The van der Waals surface area contributed by atoms with E-state index < -0.39 is 10.0 Å². The topological polar surface area (TPSA) is 69.1 Å². The molecule has 0 radical (unpaired) electrons. The van der Waals surface area contributed by atoms with E-state index >= 15 is 0 Å². The summed E-state index contributed by atoms with van der Waals surface area (Å²) in [5, 5.41) is 6.64. The number of piperidine rings is 1. The van der Waals surface area contributed by atoms with Crippen LogP contribution in [0.4, 0.5) is 5.69 Å². The van der Waals surface area contributed by atoms with Crippen molar-refractivity contribution >= 4 is 21.9 Å². The number of hydrazone groups is 1. The molecule has 2 fully saturated rings. The number of anilines is 1. The zero-order valence-corrected chi connectivity index (χ0v) is 18.3. The van der Waals surface area contributed by atoms with Gasteiger partial charge in [-0.25, -0.2) is 8.42 Å². The van der Waals surface area contributed by atoms with Crippen molar-refractivity contribution in [3.8, 4) is 0 Å². The van der Waals surface area contributed by atoms with Gasteiger partial charge < -0.3 is 4.90 Å².